The van der Waals surface area contributed by atoms with E-state index in [0.29, 0.717) is 15.6 Å². The molecule has 0 aromatic heterocycles. The second-order valence-electron chi connectivity index (χ2n) is 8.39. The van der Waals surface area contributed by atoms with Gasteiger partial charge in [0.2, 0.25) is 20.0 Å². The quantitative estimate of drug-likeness (QED) is 0.404. The summed E-state index contributed by atoms with van der Waals surface area (Å²) < 4.78 is 56.7. The fraction of sp³-hybridized carbons (Fsp3) is 0.160. The van der Waals surface area contributed by atoms with E-state index in [1.165, 1.54) is 65.0 Å². The van der Waals surface area contributed by atoms with Gasteiger partial charge in [-0.15, -0.1) is 0 Å². The van der Waals surface area contributed by atoms with Gasteiger partial charge in [0.15, 0.2) is 0 Å². The minimum Gasteiger partial charge on any atom is -0.478 e. The van der Waals surface area contributed by atoms with Crippen molar-refractivity contribution in [3.05, 3.63) is 100 Å². The van der Waals surface area contributed by atoms with E-state index in [1.54, 1.807) is 24.3 Å². The van der Waals surface area contributed by atoms with Crippen LogP contribution in [0.1, 0.15) is 22.3 Å². The van der Waals surface area contributed by atoms with Crippen LogP contribution in [-0.4, -0.2) is 50.8 Å². The number of nitrogens with one attached hydrogen (secondary N) is 1. The molecule has 37 heavy (non-hydrogen) atoms. The predicted octanol–water partition coefficient (Wildman–Crippen LogP) is 4.52. The summed E-state index contributed by atoms with van der Waals surface area (Å²) in [5.41, 5.74) is 0.654. The molecule has 12 heteroatoms. The molecule has 0 radical (unpaired) electrons. The first-order valence-electron chi connectivity index (χ1n) is 11.0. The molecule has 0 amide bonds. The van der Waals surface area contributed by atoms with Crippen molar-refractivity contribution in [1.82, 2.24) is 9.03 Å². The van der Waals surface area contributed by atoms with E-state index < -0.39 is 38.1 Å². The second kappa shape index (κ2) is 10.9. The van der Waals surface area contributed by atoms with Crippen LogP contribution in [0.3, 0.4) is 0 Å². The lowest BCUT2D eigenvalue weighted by Crippen LogP contribution is -2.39. The number of benzene rings is 3. The number of carboxylic acids is 1. The third-order valence-corrected chi connectivity index (χ3v) is 9.75. The zero-order valence-electron chi connectivity index (χ0n) is 19.2. The highest BCUT2D eigenvalue weighted by Gasteiger charge is 2.40. The van der Waals surface area contributed by atoms with Crippen molar-refractivity contribution in [2.75, 3.05) is 6.54 Å². The highest BCUT2D eigenvalue weighted by molar-refractivity contribution is 7.89. The van der Waals surface area contributed by atoms with Crippen LogP contribution in [0.2, 0.25) is 10.0 Å². The maximum absolute atomic E-state index is 13.5. The number of rotatable bonds is 8. The topological polar surface area (TPSA) is 121 Å². The Balaban J connectivity index is 1.64. The van der Waals surface area contributed by atoms with Gasteiger partial charge >= 0.3 is 5.97 Å². The van der Waals surface area contributed by atoms with Gasteiger partial charge in [-0.05, 0) is 72.6 Å². The smallest absolute Gasteiger partial charge is 0.335 e. The first-order chi connectivity index (χ1) is 17.5. The lowest BCUT2D eigenvalue weighted by Gasteiger charge is -2.22. The number of halogens is 2. The normalized spacial score (nSPS) is 18.9. The summed E-state index contributed by atoms with van der Waals surface area (Å²) in [4.78, 5) is 11.3. The third kappa shape index (κ3) is 6.40. The molecule has 3 aromatic carbocycles. The van der Waals surface area contributed by atoms with E-state index >= 15 is 0 Å². The standard InChI is InChI=1S/C25H22Cl2N2O6S2/c26-19-5-10-23(11-6-19)36(32,33)28-21-15-22(9-4-17-2-1-3-18(14-17)25(30)31)29(16-21)37(34,35)24-12-7-20(27)8-13-24/h1-14,21-22,28H,15-16H2,(H,30,31)/t21-,22-/m1/s1. The van der Waals surface area contributed by atoms with Gasteiger partial charge in [-0.2, -0.15) is 4.31 Å². The number of aromatic carboxylic acids is 1. The minimum absolute atomic E-state index is 0.00786. The molecular formula is C25H22Cl2N2O6S2. The molecule has 0 spiro atoms. The number of nitrogens with zero attached hydrogens (tertiary/aromatic N) is 1. The fourth-order valence-electron chi connectivity index (χ4n) is 4.01. The van der Waals surface area contributed by atoms with Crippen molar-refractivity contribution in [1.29, 1.82) is 0 Å². The molecule has 0 aliphatic carbocycles. The Bertz CT molecular complexity index is 1540. The first-order valence-corrected chi connectivity index (χ1v) is 14.7. The van der Waals surface area contributed by atoms with Gasteiger partial charge in [-0.3, -0.25) is 0 Å². The molecule has 1 aliphatic heterocycles. The van der Waals surface area contributed by atoms with Crippen LogP contribution in [0.15, 0.2) is 88.7 Å². The SMILES string of the molecule is O=C(O)c1cccc(C=C[C@@H]2C[C@@H](NS(=O)(=O)c3ccc(Cl)cc3)CN2S(=O)(=O)c2ccc(Cl)cc2)c1. The van der Waals surface area contributed by atoms with Gasteiger partial charge in [0.1, 0.15) is 0 Å². The number of carbonyl (C=O) groups is 1. The molecule has 1 heterocycles. The third-order valence-electron chi connectivity index (χ3n) is 5.81. The Morgan fingerprint density at radius 1 is 0.919 bits per heavy atom. The Hall–Kier alpha value is -2.73. The lowest BCUT2D eigenvalue weighted by molar-refractivity contribution is 0.0697. The summed E-state index contributed by atoms with van der Waals surface area (Å²) in [6, 6.07) is 16.1. The Morgan fingerprint density at radius 3 is 2.11 bits per heavy atom. The van der Waals surface area contributed by atoms with Gasteiger partial charge < -0.3 is 5.11 Å². The summed E-state index contributed by atoms with van der Waals surface area (Å²) in [6.45, 7) is -0.109. The average Bonchev–Trinajstić information content (AvgIpc) is 3.26. The number of hydrogen-bond donors (Lipinski definition) is 2. The Labute approximate surface area is 225 Å². The van der Waals surface area contributed by atoms with E-state index in [1.807, 2.05) is 0 Å². The van der Waals surface area contributed by atoms with Crippen molar-refractivity contribution >= 4 is 55.3 Å². The van der Waals surface area contributed by atoms with Crippen molar-refractivity contribution in [3.8, 4) is 0 Å². The van der Waals surface area contributed by atoms with Crippen molar-refractivity contribution in [3.63, 3.8) is 0 Å². The van der Waals surface area contributed by atoms with Gasteiger partial charge in [0.25, 0.3) is 0 Å². The molecular weight excluding hydrogens is 559 g/mol. The summed E-state index contributed by atoms with van der Waals surface area (Å²) in [5, 5.41) is 10.0. The number of sulfonamides is 2. The van der Waals surface area contributed by atoms with Crippen LogP contribution in [0, 0.1) is 0 Å². The monoisotopic (exact) mass is 580 g/mol. The largest absolute Gasteiger partial charge is 0.478 e. The predicted molar refractivity (Wildman–Crippen MR) is 142 cm³/mol. The molecule has 8 nitrogen and oxygen atoms in total. The molecule has 1 aliphatic rings. The highest BCUT2D eigenvalue weighted by Crippen LogP contribution is 2.29. The first kappa shape index (κ1) is 27.3. The molecule has 194 valence electrons. The number of hydrogen-bond acceptors (Lipinski definition) is 5. The molecule has 4 rings (SSSR count). The summed E-state index contributed by atoms with van der Waals surface area (Å²) in [6.07, 6.45) is 3.41. The van der Waals surface area contributed by atoms with Crippen LogP contribution in [0.25, 0.3) is 6.08 Å². The highest BCUT2D eigenvalue weighted by atomic mass is 35.5. The lowest BCUT2D eigenvalue weighted by atomic mass is 10.1. The van der Waals surface area contributed by atoms with Crippen molar-refractivity contribution in [2.45, 2.75) is 28.3 Å². The van der Waals surface area contributed by atoms with Crippen LogP contribution in [0.5, 0.6) is 0 Å². The van der Waals surface area contributed by atoms with E-state index in [0.717, 1.165) is 0 Å². The van der Waals surface area contributed by atoms with Crippen molar-refractivity contribution in [2.24, 2.45) is 0 Å². The maximum atomic E-state index is 13.5. The van der Waals surface area contributed by atoms with Crippen molar-refractivity contribution < 1.29 is 26.7 Å². The summed E-state index contributed by atoms with van der Waals surface area (Å²) >= 11 is 11.8. The van der Waals surface area contributed by atoms with Gasteiger partial charge in [0.05, 0.1) is 15.4 Å². The molecule has 2 N–H and O–H groups in total. The van der Waals surface area contributed by atoms with E-state index in [2.05, 4.69) is 4.72 Å². The number of carboxylic acid groups (broad SMARTS) is 1. The Morgan fingerprint density at radius 2 is 1.51 bits per heavy atom. The zero-order valence-corrected chi connectivity index (χ0v) is 22.3. The summed E-state index contributed by atoms with van der Waals surface area (Å²) in [5.74, 6) is -1.08. The van der Waals surface area contributed by atoms with Crippen LogP contribution in [0.4, 0.5) is 0 Å². The summed E-state index contributed by atoms with van der Waals surface area (Å²) in [7, 11) is -7.95. The average molecular weight is 581 g/mol. The Kier molecular flexibility index (Phi) is 8.08. The molecule has 0 saturated carbocycles. The van der Waals surface area contributed by atoms with Crippen LogP contribution < -0.4 is 4.72 Å². The fourth-order valence-corrected chi connectivity index (χ4v) is 7.15. The second-order valence-corrected chi connectivity index (χ2v) is 12.9. The molecule has 0 unspecified atom stereocenters. The van der Waals surface area contributed by atoms with Gasteiger partial charge in [-0.1, -0.05) is 47.5 Å². The minimum atomic E-state index is -4.01. The van der Waals surface area contributed by atoms with Crippen LogP contribution >= 0.6 is 23.2 Å². The molecule has 2 atom stereocenters. The zero-order chi connectivity index (χ0) is 26.8. The maximum Gasteiger partial charge on any atom is 0.335 e. The molecule has 0 bridgehead atoms. The van der Waals surface area contributed by atoms with Gasteiger partial charge in [0, 0.05) is 28.7 Å². The molecule has 1 fully saturated rings. The van der Waals surface area contributed by atoms with Gasteiger partial charge in [-0.25, -0.2) is 26.4 Å². The van der Waals surface area contributed by atoms with Crippen LogP contribution in [-0.2, 0) is 20.0 Å². The molecule has 3 aromatic rings. The molecule has 1 saturated heterocycles. The van der Waals surface area contributed by atoms with E-state index in [9.17, 15) is 26.7 Å². The van der Waals surface area contributed by atoms with E-state index in [4.69, 9.17) is 23.2 Å². The van der Waals surface area contributed by atoms with E-state index in [-0.39, 0.29) is 28.3 Å².